The molecule has 448 valence electrons. The molecule has 0 aliphatic rings. The van der Waals surface area contributed by atoms with E-state index in [-0.39, 0.29) is 31.1 Å². The van der Waals surface area contributed by atoms with Gasteiger partial charge < -0.3 is 14.2 Å². The summed E-state index contributed by atoms with van der Waals surface area (Å²) < 4.78 is 16.9. The SMILES string of the molecule is CC/C=C\C/C=C\C/C=C\C/C=C\C/C=C\C/C=C\CCCCC(=O)OCC(COC(=O)CCCCCCCC/C=C\C/C=C\C/C=C\C/C=C\CC)OC(=O)CCCCCCCCCCC/C=C\CCCCCCCCCC. The van der Waals surface area contributed by atoms with Crippen molar-refractivity contribution in [2.45, 2.75) is 297 Å². The minimum Gasteiger partial charge on any atom is -0.462 e. The van der Waals surface area contributed by atoms with E-state index in [2.05, 4.69) is 154 Å². The van der Waals surface area contributed by atoms with E-state index < -0.39 is 6.10 Å². The van der Waals surface area contributed by atoms with E-state index in [0.29, 0.717) is 25.7 Å². The number of hydrogen-bond acceptors (Lipinski definition) is 6. The van der Waals surface area contributed by atoms with Crippen molar-refractivity contribution >= 4 is 17.9 Å². The van der Waals surface area contributed by atoms with Crippen LogP contribution in [0.1, 0.15) is 290 Å². The van der Waals surface area contributed by atoms with Crippen LogP contribution in [0.4, 0.5) is 0 Å². The predicted molar refractivity (Wildman–Crippen MR) is 343 cm³/mol. The maximum absolute atomic E-state index is 12.9. The molecule has 79 heavy (non-hydrogen) atoms. The molecular formula is C73H120O6. The van der Waals surface area contributed by atoms with Crippen molar-refractivity contribution in [3.05, 3.63) is 134 Å². The van der Waals surface area contributed by atoms with Gasteiger partial charge in [0, 0.05) is 19.3 Å². The molecule has 0 aliphatic carbocycles. The quantitative estimate of drug-likeness (QED) is 0.0261. The second-order valence-corrected chi connectivity index (χ2v) is 21.3. The fraction of sp³-hybridized carbons (Fsp3) is 0.658. The number of hydrogen-bond donors (Lipinski definition) is 0. The van der Waals surface area contributed by atoms with Crippen LogP contribution in [0, 0.1) is 0 Å². The van der Waals surface area contributed by atoms with Crippen LogP contribution >= 0.6 is 0 Å². The third-order valence-corrected chi connectivity index (χ3v) is 13.6. The number of unbranched alkanes of at least 4 members (excludes halogenated alkanes) is 25. The first-order chi connectivity index (χ1) is 39.0. The zero-order chi connectivity index (χ0) is 57.1. The van der Waals surface area contributed by atoms with E-state index >= 15 is 0 Å². The lowest BCUT2D eigenvalue weighted by Crippen LogP contribution is -2.30. The molecule has 0 spiro atoms. The lowest BCUT2D eigenvalue weighted by Gasteiger charge is -2.18. The molecule has 0 heterocycles. The normalized spacial score (nSPS) is 13.0. The molecular weight excluding hydrogens is 973 g/mol. The van der Waals surface area contributed by atoms with Gasteiger partial charge in [0.15, 0.2) is 6.10 Å². The van der Waals surface area contributed by atoms with Crippen LogP contribution in [0.2, 0.25) is 0 Å². The van der Waals surface area contributed by atoms with Crippen molar-refractivity contribution in [2.24, 2.45) is 0 Å². The Bertz CT molecular complexity index is 1680. The summed E-state index contributed by atoms with van der Waals surface area (Å²) in [6, 6.07) is 0. The Labute approximate surface area is 487 Å². The first kappa shape index (κ1) is 74.5. The Hall–Kier alpha value is -4.45. The molecule has 0 saturated carbocycles. The van der Waals surface area contributed by atoms with E-state index in [1.165, 1.54) is 116 Å². The molecule has 0 aromatic heterocycles. The van der Waals surface area contributed by atoms with Gasteiger partial charge in [-0.25, -0.2) is 0 Å². The molecule has 0 aliphatic heterocycles. The van der Waals surface area contributed by atoms with E-state index in [1.807, 2.05) is 0 Å². The van der Waals surface area contributed by atoms with Crippen LogP contribution in [0.15, 0.2) is 134 Å². The smallest absolute Gasteiger partial charge is 0.306 e. The minimum atomic E-state index is -0.810. The van der Waals surface area contributed by atoms with Gasteiger partial charge in [-0.05, 0) is 135 Å². The summed E-state index contributed by atoms with van der Waals surface area (Å²) in [5.74, 6) is -0.959. The Kier molecular flexibility index (Phi) is 62.3. The molecule has 1 atom stereocenters. The van der Waals surface area contributed by atoms with Crippen molar-refractivity contribution in [2.75, 3.05) is 13.2 Å². The van der Waals surface area contributed by atoms with E-state index in [9.17, 15) is 14.4 Å². The molecule has 0 saturated heterocycles. The van der Waals surface area contributed by atoms with Gasteiger partial charge in [-0.2, -0.15) is 0 Å². The lowest BCUT2D eigenvalue weighted by atomic mass is 10.1. The largest absolute Gasteiger partial charge is 0.462 e. The monoisotopic (exact) mass is 1090 g/mol. The third kappa shape index (κ3) is 64.3. The topological polar surface area (TPSA) is 78.9 Å². The highest BCUT2D eigenvalue weighted by atomic mass is 16.6. The molecule has 6 heteroatoms. The maximum atomic E-state index is 12.9. The van der Waals surface area contributed by atoms with Crippen LogP contribution in [0.25, 0.3) is 0 Å². The second kappa shape index (κ2) is 66.1. The van der Waals surface area contributed by atoms with Gasteiger partial charge >= 0.3 is 17.9 Å². The van der Waals surface area contributed by atoms with Crippen LogP contribution in [-0.4, -0.2) is 37.2 Å². The van der Waals surface area contributed by atoms with Gasteiger partial charge in [-0.15, -0.1) is 0 Å². The first-order valence-corrected chi connectivity index (χ1v) is 32.7. The molecule has 0 bridgehead atoms. The Morgan fingerprint density at radius 2 is 0.494 bits per heavy atom. The molecule has 0 rings (SSSR count). The average molecular weight is 1090 g/mol. The van der Waals surface area contributed by atoms with E-state index in [1.54, 1.807) is 0 Å². The fourth-order valence-electron chi connectivity index (χ4n) is 8.79. The first-order valence-electron chi connectivity index (χ1n) is 32.7. The molecule has 0 radical (unpaired) electrons. The molecule has 0 N–H and O–H groups in total. The minimum absolute atomic E-state index is 0.104. The Morgan fingerprint density at radius 3 is 0.810 bits per heavy atom. The predicted octanol–water partition coefficient (Wildman–Crippen LogP) is 22.5. The summed E-state index contributed by atoms with van der Waals surface area (Å²) in [6.45, 7) is 6.38. The van der Waals surface area contributed by atoms with Gasteiger partial charge in [0.1, 0.15) is 13.2 Å². The highest BCUT2D eigenvalue weighted by Gasteiger charge is 2.19. The summed E-state index contributed by atoms with van der Waals surface area (Å²) in [6.07, 6.45) is 93.1. The number of allylic oxidation sites excluding steroid dienone is 22. The summed E-state index contributed by atoms with van der Waals surface area (Å²) in [4.78, 5) is 38.4. The third-order valence-electron chi connectivity index (χ3n) is 13.6. The lowest BCUT2D eigenvalue weighted by molar-refractivity contribution is -0.167. The van der Waals surface area contributed by atoms with E-state index in [0.717, 1.165) is 128 Å². The zero-order valence-electron chi connectivity index (χ0n) is 51.3. The highest BCUT2D eigenvalue weighted by Crippen LogP contribution is 2.15. The number of carbonyl (C=O) groups excluding carboxylic acids is 3. The molecule has 0 aromatic rings. The fourth-order valence-corrected chi connectivity index (χ4v) is 8.79. The molecule has 0 aromatic carbocycles. The van der Waals surface area contributed by atoms with Gasteiger partial charge in [-0.1, -0.05) is 270 Å². The standard InChI is InChI=1S/C73H120O6/c1-4-7-10-13-16-19-22-25-28-31-34-36-39-42-45-48-51-54-57-60-63-66-72(75)78-69-70(68-77-71(74)65-62-59-56-53-50-47-44-41-38-33-30-27-24-21-18-15-12-9-6-3)79-73(76)67-64-61-58-55-52-49-46-43-40-37-35-32-29-26-23-20-17-14-11-8-5-2/h7,9-10,12,16,18-19,21,25,27-28,30,32,34-36,38,41-42,45,51,54,70H,4-6,8,11,13-15,17,20,22-24,26,29,31,33,37,39-40,43-44,46-50,52-53,55-69H2,1-3H3/b10-7-,12-9-,19-16-,21-18-,28-25-,30-27-,35-32-,36-34-,41-38-,45-42-,54-51-. The Balaban J connectivity index is 4.50. The summed E-state index contributed by atoms with van der Waals surface area (Å²) in [5.41, 5.74) is 0. The summed E-state index contributed by atoms with van der Waals surface area (Å²) in [5, 5.41) is 0. The number of esters is 3. The molecule has 1 unspecified atom stereocenters. The van der Waals surface area contributed by atoms with Crippen molar-refractivity contribution in [1.29, 1.82) is 0 Å². The van der Waals surface area contributed by atoms with Crippen LogP contribution < -0.4 is 0 Å². The average Bonchev–Trinajstić information content (AvgIpc) is 3.45. The van der Waals surface area contributed by atoms with Gasteiger partial charge in [0.25, 0.3) is 0 Å². The van der Waals surface area contributed by atoms with Gasteiger partial charge in [0.05, 0.1) is 0 Å². The van der Waals surface area contributed by atoms with Gasteiger partial charge in [-0.3, -0.25) is 14.4 Å². The van der Waals surface area contributed by atoms with Crippen LogP contribution in [0.5, 0.6) is 0 Å². The summed E-state index contributed by atoms with van der Waals surface area (Å²) >= 11 is 0. The molecule has 0 amide bonds. The van der Waals surface area contributed by atoms with Crippen molar-refractivity contribution in [3.63, 3.8) is 0 Å². The molecule has 6 nitrogen and oxygen atoms in total. The number of ether oxygens (including phenoxy) is 3. The van der Waals surface area contributed by atoms with Crippen molar-refractivity contribution < 1.29 is 28.6 Å². The maximum Gasteiger partial charge on any atom is 0.306 e. The summed E-state index contributed by atoms with van der Waals surface area (Å²) in [7, 11) is 0. The van der Waals surface area contributed by atoms with Crippen LogP contribution in [0.3, 0.4) is 0 Å². The second-order valence-electron chi connectivity index (χ2n) is 21.3. The Morgan fingerprint density at radius 1 is 0.266 bits per heavy atom. The van der Waals surface area contributed by atoms with Gasteiger partial charge in [0.2, 0.25) is 0 Å². The molecule has 0 fully saturated rings. The van der Waals surface area contributed by atoms with Crippen molar-refractivity contribution in [3.8, 4) is 0 Å². The number of carbonyl (C=O) groups is 3. The number of rotatable bonds is 58. The van der Waals surface area contributed by atoms with Crippen LogP contribution in [-0.2, 0) is 28.6 Å². The highest BCUT2D eigenvalue weighted by molar-refractivity contribution is 5.71. The van der Waals surface area contributed by atoms with E-state index in [4.69, 9.17) is 14.2 Å². The zero-order valence-corrected chi connectivity index (χ0v) is 51.3. The van der Waals surface area contributed by atoms with Crippen molar-refractivity contribution in [1.82, 2.24) is 0 Å².